The molecule has 234 valence electrons. The van der Waals surface area contributed by atoms with Gasteiger partial charge in [0.1, 0.15) is 12.0 Å². The molecule has 0 aromatic heterocycles. The fourth-order valence-corrected chi connectivity index (χ4v) is 10.7. The number of rotatable bonds is 12. The van der Waals surface area contributed by atoms with Crippen molar-refractivity contribution >= 4 is 51.8 Å². The molecule has 1 amide bonds. The summed E-state index contributed by atoms with van der Waals surface area (Å²) in [5.74, 6) is -3.05. The molecule has 0 unspecified atom stereocenters. The van der Waals surface area contributed by atoms with E-state index in [-0.39, 0.29) is 47.2 Å². The van der Waals surface area contributed by atoms with Crippen LogP contribution in [0.2, 0.25) is 0 Å². The number of carbonyl (C=O) groups is 4. The zero-order chi connectivity index (χ0) is 32.8. The lowest BCUT2D eigenvalue weighted by Gasteiger charge is -2.51. The lowest BCUT2D eigenvalue weighted by Crippen LogP contribution is -2.67. The zero-order valence-corrected chi connectivity index (χ0v) is 26.7. The molecule has 0 spiro atoms. The molecule has 0 saturated carbocycles. The minimum atomic E-state index is -3.12. The summed E-state index contributed by atoms with van der Waals surface area (Å²) in [6.07, 6.45) is 1.38. The number of β-lactam (4-membered cyclic amide) rings is 1. The molecule has 1 aliphatic heterocycles. The Kier molecular flexibility index (Phi) is 9.84. The Balaban J connectivity index is 1.83. The van der Waals surface area contributed by atoms with Crippen LogP contribution in [0.3, 0.4) is 0 Å². The average Bonchev–Trinajstić information content (AvgIpc) is 3.08. The van der Waals surface area contributed by atoms with Gasteiger partial charge in [-0.3, -0.25) is 9.59 Å². The van der Waals surface area contributed by atoms with Crippen LogP contribution in [-0.2, 0) is 14.3 Å². The standard InChI is InChI=1S/C38H36NO6P/c1-4-23-45-38(44)36(39-32(34(26(2)3)35(39)41)25-33(40)27-15-14-16-28(24-27)37(42)43)46(29-17-8-5-9-18-29,30-19-10-6-11-20-30)31-21-12-7-13-22-31/h4-22,24,26,32,34H,1,23,25H2,2-3H3,(H,42,43)/t32-,34-/m1/s1. The second-order valence-electron chi connectivity index (χ2n) is 11.4. The number of aromatic carboxylic acids is 1. The third-order valence-corrected chi connectivity index (χ3v) is 12.6. The second-order valence-corrected chi connectivity index (χ2v) is 14.8. The van der Waals surface area contributed by atoms with Crippen molar-refractivity contribution in [2.75, 3.05) is 6.61 Å². The molecule has 1 saturated heterocycles. The number of Topliss-reactive ketones (excluding diaryl/α,β-unsaturated/α-hetero) is 1. The van der Waals surface area contributed by atoms with Crippen molar-refractivity contribution in [3.8, 4) is 0 Å². The monoisotopic (exact) mass is 633 g/mol. The van der Waals surface area contributed by atoms with Gasteiger partial charge in [-0.05, 0) is 34.0 Å². The highest BCUT2D eigenvalue weighted by Crippen LogP contribution is 2.50. The summed E-state index contributed by atoms with van der Waals surface area (Å²) in [4.78, 5) is 55.8. The van der Waals surface area contributed by atoms with Crippen LogP contribution in [0.5, 0.6) is 0 Å². The number of carboxylic acids is 1. The lowest BCUT2D eigenvalue weighted by molar-refractivity contribution is -0.153. The number of esters is 1. The topological polar surface area (TPSA) is 101 Å². The van der Waals surface area contributed by atoms with Crippen LogP contribution >= 0.6 is 6.89 Å². The van der Waals surface area contributed by atoms with E-state index in [1.54, 1.807) is 6.07 Å². The van der Waals surface area contributed by atoms with Crippen LogP contribution in [0.25, 0.3) is 0 Å². The first-order valence-corrected chi connectivity index (χ1v) is 16.9. The first-order valence-electron chi connectivity index (χ1n) is 15.1. The Hall–Kier alpha value is -5.00. The van der Waals surface area contributed by atoms with Crippen molar-refractivity contribution in [1.29, 1.82) is 0 Å². The molecule has 0 radical (unpaired) electrons. The number of nitrogens with zero attached hydrogens (tertiary/aromatic N) is 1. The van der Waals surface area contributed by atoms with Crippen LogP contribution in [0, 0.1) is 11.8 Å². The molecule has 5 rings (SSSR count). The van der Waals surface area contributed by atoms with E-state index in [0.717, 1.165) is 15.9 Å². The SMILES string of the molecule is C=CCOC(=O)C(N1C(=O)[C@H](C(C)C)[C@H]1CC(=O)c1cccc(C(=O)O)c1)=P(c1ccccc1)(c1ccccc1)c1ccccc1. The number of carboxylic acid groups (broad SMARTS) is 1. The van der Waals surface area contributed by atoms with Gasteiger partial charge in [0.05, 0.1) is 17.5 Å². The summed E-state index contributed by atoms with van der Waals surface area (Å²) in [6, 6.07) is 34.2. The number of amides is 1. The largest absolute Gasteiger partial charge is 0.478 e. The molecule has 1 aliphatic rings. The highest BCUT2D eigenvalue weighted by atomic mass is 31.2. The number of carbonyl (C=O) groups excluding carboxylic acids is 3. The first-order chi connectivity index (χ1) is 22.2. The van der Waals surface area contributed by atoms with Crippen molar-refractivity contribution in [2.24, 2.45) is 11.8 Å². The summed E-state index contributed by atoms with van der Waals surface area (Å²) in [6.45, 7) is 4.37. The minimum absolute atomic E-state index is 0.00442. The molecular weight excluding hydrogens is 597 g/mol. The Morgan fingerprint density at radius 3 is 1.78 bits per heavy atom. The number of ether oxygens (including phenoxy) is 1. The van der Waals surface area contributed by atoms with Gasteiger partial charge < -0.3 is 14.7 Å². The zero-order valence-electron chi connectivity index (χ0n) is 25.8. The van der Waals surface area contributed by atoms with E-state index in [0.29, 0.717) is 0 Å². The van der Waals surface area contributed by atoms with E-state index in [1.165, 1.54) is 29.2 Å². The molecule has 1 fully saturated rings. The summed E-state index contributed by atoms with van der Waals surface area (Å²) >= 11 is 0. The molecule has 0 aliphatic carbocycles. The van der Waals surface area contributed by atoms with Gasteiger partial charge in [-0.15, -0.1) is 0 Å². The maximum Gasteiger partial charge on any atom is 0.356 e. The number of benzene rings is 4. The van der Waals surface area contributed by atoms with Crippen LogP contribution in [-0.4, -0.2) is 51.7 Å². The van der Waals surface area contributed by atoms with Crippen LogP contribution in [0.1, 0.15) is 41.0 Å². The van der Waals surface area contributed by atoms with E-state index in [9.17, 15) is 24.3 Å². The number of hydrogen-bond acceptors (Lipinski definition) is 5. The predicted molar refractivity (Wildman–Crippen MR) is 183 cm³/mol. The third kappa shape index (κ3) is 5.99. The van der Waals surface area contributed by atoms with Gasteiger partial charge >= 0.3 is 11.9 Å². The number of likely N-dealkylation sites (tertiary alicyclic amines) is 1. The molecule has 1 heterocycles. The van der Waals surface area contributed by atoms with E-state index >= 15 is 0 Å². The smallest absolute Gasteiger partial charge is 0.356 e. The Morgan fingerprint density at radius 1 is 0.826 bits per heavy atom. The molecule has 0 bridgehead atoms. The molecule has 7 nitrogen and oxygen atoms in total. The quantitative estimate of drug-likeness (QED) is 0.0748. The average molecular weight is 634 g/mol. The highest BCUT2D eigenvalue weighted by molar-refractivity contribution is 7.96. The lowest BCUT2D eigenvalue weighted by atomic mass is 9.76. The number of ketones is 1. The minimum Gasteiger partial charge on any atom is -0.478 e. The van der Waals surface area contributed by atoms with Gasteiger partial charge in [0.2, 0.25) is 5.91 Å². The highest BCUT2D eigenvalue weighted by Gasteiger charge is 2.55. The molecule has 4 aromatic rings. The van der Waals surface area contributed by atoms with Gasteiger partial charge in [-0.25, -0.2) is 9.59 Å². The van der Waals surface area contributed by atoms with Crippen LogP contribution in [0.15, 0.2) is 128 Å². The van der Waals surface area contributed by atoms with Crippen molar-refractivity contribution in [2.45, 2.75) is 26.3 Å². The molecular formula is C38H36NO6P. The molecule has 4 aromatic carbocycles. The second kappa shape index (κ2) is 14.0. The fourth-order valence-electron chi connectivity index (χ4n) is 6.27. The predicted octanol–water partition coefficient (Wildman–Crippen LogP) is 5.29. The van der Waals surface area contributed by atoms with E-state index < -0.39 is 30.8 Å². The van der Waals surface area contributed by atoms with Crippen molar-refractivity contribution in [1.82, 2.24) is 4.90 Å². The summed E-state index contributed by atoms with van der Waals surface area (Å²) in [7, 11) is 0. The molecule has 2 atom stereocenters. The summed E-state index contributed by atoms with van der Waals surface area (Å²) in [5.41, 5.74) is 0.417. The first kappa shape index (κ1) is 32.4. The third-order valence-electron chi connectivity index (χ3n) is 8.30. The normalized spacial score (nSPS) is 16.0. The van der Waals surface area contributed by atoms with Crippen LogP contribution in [0.4, 0.5) is 0 Å². The Bertz CT molecular complexity index is 1710. The molecule has 46 heavy (non-hydrogen) atoms. The molecule has 1 N–H and O–H groups in total. The van der Waals surface area contributed by atoms with Crippen molar-refractivity contribution in [3.63, 3.8) is 0 Å². The van der Waals surface area contributed by atoms with E-state index in [4.69, 9.17) is 4.74 Å². The maximum atomic E-state index is 14.5. The summed E-state index contributed by atoms with van der Waals surface area (Å²) in [5, 5.41) is 12.1. The summed E-state index contributed by atoms with van der Waals surface area (Å²) < 4.78 is 5.79. The fraction of sp³-hybridized carbons (Fsp3) is 0.184. The van der Waals surface area contributed by atoms with Gasteiger partial charge in [0.25, 0.3) is 0 Å². The number of hydrogen-bond donors (Lipinski definition) is 1. The van der Waals surface area contributed by atoms with Gasteiger partial charge in [-0.2, -0.15) is 0 Å². The van der Waals surface area contributed by atoms with Crippen molar-refractivity contribution in [3.05, 3.63) is 139 Å². The Morgan fingerprint density at radius 2 is 1.33 bits per heavy atom. The van der Waals surface area contributed by atoms with Gasteiger partial charge in [-0.1, -0.05) is 130 Å². The van der Waals surface area contributed by atoms with Gasteiger partial charge in [0.15, 0.2) is 5.78 Å². The maximum absolute atomic E-state index is 14.5. The van der Waals surface area contributed by atoms with E-state index in [2.05, 4.69) is 6.58 Å². The van der Waals surface area contributed by atoms with Gasteiger partial charge in [0, 0.05) is 18.9 Å². The molecule has 8 heteroatoms. The van der Waals surface area contributed by atoms with Crippen LogP contribution < -0.4 is 15.9 Å². The van der Waals surface area contributed by atoms with E-state index in [1.807, 2.05) is 105 Å². The Labute approximate surface area is 269 Å². The van der Waals surface area contributed by atoms with Crippen molar-refractivity contribution < 1.29 is 29.0 Å².